The van der Waals surface area contributed by atoms with Crippen LogP contribution >= 0.6 is 0 Å². The lowest BCUT2D eigenvalue weighted by atomic mass is 9.92. The number of piperidine rings is 1. The summed E-state index contributed by atoms with van der Waals surface area (Å²) in [6, 6.07) is 10.4. The fraction of sp³-hybridized carbons (Fsp3) is 0.652. The van der Waals surface area contributed by atoms with Gasteiger partial charge in [-0.2, -0.15) is 0 Å². The van der Waals surface area contributed by atoms with E-state index in [1.54, 1.807) is 0 Å². The molecule has 29 heavy (non-hydrogen) atoms. The summed E-state index contributed by atoms with van der Waals surface area (Å²) in [6.07, 6.45) is 4.74. The summed E-state index contributed by atoms with van der Waals surface area (Å²) in [5, 5.41) is 9.73. The number of hydrogen-bond acceptors (Lipinski definition) is 5. The highest BCUT2D eigenvalue weighted by Gasteiger charge is 2.55. The molecule has 1 aromatic carbocycles. The largest absolute Gasteiger partial charge is 0.461 e. The fourth-order valence-corrected chi connectivity index (χ4v) is 5.49. The Labute approximate surface area is 173 Å². The van der Waals surface area contributed by atoms with Crippen LogP contribution < -0.4 is 5.73 Å². The SMILES string of the molecule is CC(CC(=O)CCN)[N+]1(C)C2CCC1CC(OC(=O)C(CO)c1ccccc1)C2. The van der Waals surface area contributed by atoms with Gasteiger partial charge in [-0.05, 0) is 19.0 Å². The maximum Gasteiger partial charge on any atom is 0.316 e. The molecule has 0 aliphatic carbocycles. The highest BCUT2D eigenvalue weighted by atomic mass is 16.5. The number of quaternary nitrogens is 1. The molecule has 3 N–H and O–H groups in total. The van der Waals surface area contributed by atoms with Gasteiger partial charge >= 0.3 is 5.97 Å². The molecule has 160 valence electrons. The zero-order chi connectivity index (χ0) is 21.0. The van der Waals surface area contributed by atoms with Crippen LogP contribution in [0.4, 0.5) is 0 Å². The molecule has 4 unspecified atom stereocenters. The van der Waals surface area contributed by atoms with Gasteiger partial charge in [0.1, 0.15) is 17.8 Å². The van der Waals surface area contributed by atoms with Crippen molar-refractivity contribution in [1.82, 2.24) is 0 Å². The van der Waals surface area contributed by atoms with Crippen molar-refractivity contribution in [3.05, 3.63) is 35.9 Å². The van der Waals surface area contributed by atoms with Gasteiger partial charge in [-0.1, -0.05) is 30.3 Å². The number of hydrogen-bond donors (Lipinski definition) is 2. The summed E-state index contributed by atoms with van der Waals surface area (Å²) >= 11 is 0. The van der Waals surface area contributed by atoms with Crippen LogP contribution in [0.25, 0.3) is 0 Å². The predicted octanol–water partition coefficient (Wildman–Crippen LogP) is 2.14. The lowest BCUT2D eigenvalue weighted by Gasteiger charge is -2.50. The maximum atomic E-state index is 12.7. The average Bonchev–Trinajstić information content (AvgIpc) is 2.87. The number of carbonyl (C=O) groups excluding carboxylic acids is 2. The van der Waals surface area contributed by atoms with Crippen LogP contribution in [0.1, 0.15) is 56.9 Å². The van der Waals surface area contributed by atoms with Crippen LogP contribution in [-0.2, 0) is 14.3 Å². The van der Waals surface area contributed by atoms with Gasteiger partial charge in [0, 0.05) is 32.1 Å². The number of nitrogens with two attached hydrogens (primary N) is 1. The molecule has 0 radical (unpaired) electrons. The van der Waals surface area contributed by atoms with Gasteiger partial charge in [-0.25, -0.2) is 0 Å². The van der Waals surface area contributed by atoms with E-state index in [9.17, 15) is 14.7 Å². The summed E-state index contributed by atoms with van der Waals surface area (Å²) < 4.78 is 6.78. The molecule has 2 saturated heterocycles. The Kier molecular flexibility index (Phi) is 7.09. The molecule has 0 amide bonds. The molecule has 0 saturated carbocycles. The third kappa shape index (κ3) is 4.55. The van der Waals surface area contributed by atoms with Crippen molar-refractivity contribution in [2.24, 2.45) is 5.73 Å². The molecule has 2 aliphatic heterocycles. The quantitative estimate of drug-likeness (QED) is 0.487. The van der Waals surface area contributed by atoms with Crippen LogP contribution in [0, 0.1) is 0 Å². The third-order valence-electron chi connectivity index (χ3n) is 7.32. The second-order valence-corrected chi connectivity index (χ2v) is 8.91. The summed E-state index contributed by atoms with van der Waals surface area (Å²) in [5.41, 5.74) is 6.32. The van der Waals surface area contributed by atoms with E-state index in [2.05, 4.69) is 14.0 Å². The minimum atomic E-state index is -0.635. The van der Waals surface area contributed by atoms with Crippen molar-refractivity contribution in [3.8, 4) is 0 Å². The molecule has 4 atom stereocenters. The second kappa shape index (κ2) is 9.37. The van der Waals surface area contributed by atoms with Crippen LogP contribution in [0.15, 0.2) is 30.3 Å². The molecule has 3 rings (SSSR count). The number of Topliss-reactive ketones (excluding diaryl/α,β-unsaturated/α-hetero) is 1. The van der Waals surface area contributed by atoms with Gasteiger partial charge in [0.2, 0.25) is 0 Å². The van der Waals surface area contributed by atoms with E-state index in [1.807, 2.05) is 30.3 Å². The molecule has 0 aromatic heterocycles. The number of nitrogens with zero attached hydrogens (tertiary/aromatic N) is 1. The Morgan fingerprint density at radius 3 is 2.38 bits per heavy atom. The van der Waals surface area contributed by atoms with E-state index >= 15 is 0 Å². The molecule has 1 aromatic rings. The Morgan fingerprint density at radius 2 is 1.83 bits per heavy atom. The maximum absolute atomic E-state index is 12.7. The molecule has 2 bridgehead atoms. The topological polar surface area (TPSA) is 89.6 Å². The van der Waals surface area contributed by atoms with Gasteiger partial charge < -0.3 is 20.1 Å². The molecular formula is C23H35N2O4+. The number of esters is 1. The van der Waals surface area contributed by atoms with Crippen molar-refractivity contribution in [3.63, 3.8) is 0 Å². The van der Waals surface area contributed by atoms with E-state index in [0.717, 1.165) is 35.7 Å². The molecule has 2 fully saturated rings. The number of aliphatic hydroxyl groups is 1. The van der Waals surface area contributed by atoms with Crippen LogP contribution in [-0.4, -0.2) is 65.8 Å². The fourth-order valence-electron chi connectivity index (χ4n) is 5.49. The van der Waals surface area contributed by atoms with Crippen LogP contribution in [0.5, 0.6) is 0 Å². The average molecular weight is 404 g/mol. The Morgan fingerprint density at radius 1 is 1.21 bits per heavy atom. The van der Waals surface area contributed by atoms with Crippen molar-refractivity contribution < 1.29 is 23.9 Å². The first-order valence-corrected chi connectivity index (χ1v) is 10.8. The third-order valence-corrected chi connectivity index (χ3v) is 7.32. The number of fused-ring (bicyclic) bond motifs is 2. The number of ether oxygens (including phenoxy) is 1. The highest BCUT2D eigenvalue weighted by Crippen LogP contribution is 2.45. The van der Waals surface area contributed by atoms with Crippen molar-refractivity contribution in [1.29, 1.82) is 0 Å². The van der Waals surface area contributed by atoms with Crippen LogP contribution in [0.3, 0.4) is 0 Å². The number of benzene rings is 1. The summed E-state index contributed by atoms with van der Waals surface area (Å²) in [5.74, 6) is -0.740. The number of rotatable bonds is 9. The summed E-state index contributed by atoms with van der Waals surface area (Å²) in [7, 11) is 2.27. The summed E-state index contributed by atoms with van der Waals surface area (Å²) in [6.45, 7) is 2.33. The zero-order valence-corrected chi connectivity index (χ0v) is 17.6. The predicted molar refractivity (Wildman–Crippen MR) is 111 cm³/mol. The van der Waals surface area contributed by atoms with Gasteiger partial charge in [0.15, 0.2) is 0 Å². The first kappa shape index (κ1) is 21.9. The minimum Gasteiger partial charge on any atom is -0.461 e. The van der Waals surface area contributed by atoms with Crippen LogP contribution in [0.2, 0.25) is 0 Å². The lowest BCUT2D eigenvalue weighted by molar-refractivity contribution is -0.969. The monoisotopic (exact) mass is 403 g/mol. The van der Waals surface area contributed by atoms with Gasteiger partial charge in [-0.3, -0.25) is 9.59 Å². The Balaban J connectivity index is 1.63. The second-order valence-electron chi connectivity index (χ2n) is 8.91. The van der Waals surface area contributed by atoms with E-state index in [0.29, 0.717) is 31.5 Å². The van der Waals surface area contributed by atoms with E-state index in [1.165, 1.54) is 0 Å². The lowest BCUT2D eigenvalue weighted by Crippen LogP contribution is -2.63. The zero-order valence-electron chi connectivity index (χ0n) is 17.6. The normalized spacial score (nSPS) is 30.6. The van der Waals surface area contributed by atoms with Crippen molar-refractivity contribution in [2.75, 3.05) is 20.2 Å². The molecular weight excluding hydrogens is 368 g/mol. The molecule has 0 spiro atoms. The Bertz CT molecular complexity index is 694. The van der Waals surface area contributed by atoms with Gasteiger partial charge in [-0.15, -0.1) is 0 Å². The smallest absolute Gasteiger partial charge is 0.316 e. The number of ketones is 1. The van der Waals surface area contributed by atoms with E-state index < -0.39 is 5.92 Å². The standard InChI is InChI=1S/C23H35N2O4/c1-16(12-20(27)10-11-24)25(2)18-8-9-19(25)14-21(13-18)29-23(28)22(15-26)17-6-4-3-5-7-17/h3-7,16,18-19,21-22,26H,8-15,24H2,1-2H3/q+1. The molecule has 2 heterocycles. The van der Waals surface area contributed by atoms with E-state index in [4.69, 9.17) is 10.5 Å². The van der Waals surface area contributed by atoms with Gasteiger partial charge in [0.05, 0.1) is 38.2 Å². The van der Waals surface area contributed by atoms with Crippen molar-refractivity contribution >= 4 is 11.8 Å². The summed E-state index contributed by atoms with van der Waals surface area (Å²) in [4.78, 5) is 24.9. The number of carbonyl (C=O) groups is 2. The van der Waals surface area contributed by atoms with E-state index in [-0.39, 0.29) is 30.5 Å². The molecule has 2 aliphatic rings. The number of aliphatic hydroxyl groups excluding tert-OH is 1. The van der Waals surface area contributed by atoms with Crippen molar-refractivity contribution in [2.45, 2.75) is 75.6 Å². The van der Waals surface area contributed by atoms with Gasteiger partial charge in [0.25, 0.3) is 0 Å². The highest BCUT2D eigenvalue weighted by molar-refractivity contribution is 5.79. The Hall–Kier alpha value is -1.76. The first-order valence-electron chi connectivity index (χ1n) is 10.8. The molecule has 6 heteroatoms. The molecule has 6 nitrogen and oxygen atoms in total. The minimum absolute atomic E-state index is 0.115. The first-order chi connectivity index (χ1) is 13.9.